The second kappa shape index (κ2) is 8.17. The molecule has 1 saturated heterocycles. The van der Waals surface area contributed by atoms with Crippen LogP contribution in [-0.4, -0.2) is 31.1 Å². The van der Waals surface area contributed by atoms with Crippen molar-refractivity contribution in [1.82, 2.24) is 10.2 Å². The Bertz CT molecular complexity index is 448. The van der Waals surface area contributed by atoms with Gasteiger partial charge in [-0.25, -0.2) is 4.39 Å². The second-order valence-corrected chi connectivity index (χ2v) is 4.66. The van der Waals surface area contributed by atoms with Crippen LogP contribution >= 0.6 is 24.8 Å². The van der Waals surface area contributed by atoms with Crippen LogP contribution in [0.3, 0.4) is 0 Å². The normalized spacial score (nSPS) is 17.6. The minimum absolute atomic E-state index is 0. The standard InChI is InChI=1S/C13H16F4N2.2ClH/c1-9(19-7-5-18-6-8-19)12-10(13(15,16)17)3-2-4-11(12)14;;/h2-4,9,18H,5-8H2,1H3;2*1H/t9-;;/m0../s1. The summed E-state index contributed by atoms with van der Waals surface area (Å²) in [6.45, 7) is 4.28. The minimum atomic E-state index is -4.53. The first kappa shape index (κ1) is 20.4. The molecule has 0 amide bonds. The van der Waals surface area contributed by atoms with Crippen LogP contribution < -0.4 is 5.32 Å². The van der Waals surface area contributed by atoms with Crippen molar-refractivity contribution in [2.75, 3.05) is 26.2 Å². The number of nitrogens with zero attached hydrogens (tertiary/aromatic N) is 1. The van der Waals surface area contributed by atoms with Gasteiger partial charge in [0.15, 0.2) is 0 Å². The van der Waals surface area contributed by atoms with Crippen LogP contribution in [0.1, 0.15) is 24.1 Å². The van der Waals surface area contributed by atoms with Crippen LogP contribution in [0, 0.1) is 5.82 Å². The molecule has 1 aliphatic rings. The first-order chi connectivity index (χ1) is 8.91. The Morgan fingerprint density at radius 3 is 2.24 bits per heavy atom. The van der Waals surface area contributed by atoms with Crippen molar-refractivity contribution >= 4 is 24.8 Å². The van der Waals surface area contributed by atoms with Gasteiger partial charge < -0.3 is 5.32 Å². The molecule has 1 atom stereocenters. The first-order valence-electron chi connectivity index (χ1n) is 6.21. The van der Waals surface area contributed by atoms with Crippen molar-refractivity contribution in [3.63, 3.8) is 0 Å². The highest BCUT2D eigenvalue weighted by atomic mass is 35.5. The Kier molecular flexibility index (Phi) is 7.95. The van der Waals surface area contributed by atoms with Gasteiger partial charge in [-0.3, -0.25) is 4.90 Å². The Morgan fingerprint density at radius 1 is 1.14 bits per heavy atom. The molecule has 1 aromatic rings. The molecule has 0 aromatic heterocycles. The van der Waals surface area contributed by atoms with E-state index in [9.17, 15) is 17.6 Å². The molecule has 0 radical (unpaired) electrons. The average molecular weight is 349 g/mol. The lowest BCUT2D eigenvalue weighted by atomic mass is 9.98. The predicted octanol–water partition coefficient (Wildman–Crippen LogP) is 3.65. The van der Waals surface area contributed by atoms with Crippen LogP contribution in [0.4, 0.5) is 17.6 Å². The lowest BCUT2D eigenvalue weighted by Gasteiger charge is -2.34. The molecule has 8 heteroatoms. The van der Waals surface area contributed by atoms with Crippen molar-refractivity contribution in [3.05, 3.63) is 35.1 Å². The van der Waals surface area contributed by atoms with Gasteiger partial charge in [-0.1, -0.05) is 6.07 Å². The van der Waals surface area contributed by atoms with E-state index in [0.717, 1.165) is 18.2 Å². The Balaban J connectivity index is 0.00000200. The van der Waals surface area contributed by atoms with E-state index in [0.29, 0.717) is 26.2 Å². The Morgan fingerprint density at radius 2 is 1.71 bits per heavy atom. The number of rotatable bonds is 2. The van der Waals surface area contributed by atoms with E-state index in [-0.39, 0.29) is 30.4 Å². The van der Waals surface area contributed by atoms with Crippen molar-refractivity contribution < 1.29 is 17.6 Å². The van der Waals surface area contributed by atoms with E-state index in [1.165, 1.54) is 0 Å². The van der Waals surface area contributed by atoms with Gasteiger partial charge >= 0.3 is 6.18 Å². The highest BCUT2D eigenvalue weighted by Gasteiger charge is 2.37. The molecule has 0 spiro atoms. The summed E-state index contributed by atoms with van der Waals surface area (Å²) in [4.78, 5) is 1.87. The van der Waals surface area contributed by atoms with Crippen molar-refractivity contribution in [2.24, 2.45) is 0 Å². The summed E-state index contributed by atoms with van der Waals surface area (Å²) in [7, 11) is 0. The van der Waals surface area contributed by atoms with Gasteiger partial charge in [0.2, 0.25) is 0 Å². The van der Waals surface area contributed by atoms with Gasteiger partial charge in [0.05, 0.1) is 5.56 Å². The highest BCUT2D eigenvalue weighted by Crippen LogP contribution is 2.37. The molecule has 1 aliphatic heterocycles. The summed E-state index contributed by atoms with van der Waals surface area (Å²) >= 11 is 0. The SMILES string of the molecule is C[C@@H](c1c(F)cccc1C(F)(F)F)N1CCNCC1.Cl.Cl. The minimum Gasteiger partial charge on any atom is -0.314 e. The summed E-state index contributed by atoms with van der Waals surface area (Å²) < 4.78 is 52.7. The number of hydrogen-bond donors (Lipinski definition) is 1. The first-order valence-corrected chi connectivity index (χ1v) is 6.21. The predicted molar refractivity (Wildman–Crippen MR) is 78.8 cm³/mol. The van der Waals surface area contributed by atoms with E-state index in [4.69, 9.17) is 0 Å². The summed E-state index contributed by atoms with van der Waals surface area (Å²) in [6, 6.07) is 2.55. The third-order valence-electron chi connectivity index (χ3n) is 3.48. The smallest absolute Gasteiger partial charge is 0.314 e. The zero-order chi connectivity index (χ0) is 14.0. The van der Waals surface area contributed by atoms with Crippen molar-refractivity contribution in [1.29, 1.82) is 0 Å². The summed E-state index contributed by atoms with van der Waals surface area (Å²) in [5, 5.41) is 3.12. The number of halogens is 6. The van der Waals surface area contributed by atoms with Crippen LogP contribution in [0.25, 0.3) is 0 Å². The van der Waals surface area contributed by atoms with E-state index in [1.54, 1.807) is 6.92 Å². The second-order valence-electron chi connectivity index (χ2n) is 4.66. The van der Waals surface area contributed by atoms with Gasteiger partial charge in [0, 0.05) is 37.8 Å². The molecule has 1 fully saturated rings. The molecule has 1 N–H and O–H groups in total. The zero-order valence-electron chi connectivity index (χ0n) is 11.4. The Hall–Kier alpha value is -0.560. The topological polar surface area (TPSA) is 15.3 Å². The number of piperazine rings is 1. The van der Waals surface area contributed by atoms with Gasteiger partial charge in [-0.15, -0.1) is 24.8 Å². The van der Waals surface area contributed by atoms with Gasteiger partial charge in [-0.2, -0.15) is 13.2 Å². The largest absolute Gasteiger partial charge is 0.416 e. The molecule has 1 heterocycles. The molecule has 122 valence electrons. The molecule has 0 bridgehead atoms. The lowest BCUT2D eigenvalue weighted by molar-refractivity contribution is -0.139. The molecular formula is C13H18Cl2F4N2. The maximum absolute atomic E-state index is 13.8. The fourth-order valence-corrected chi connectivity index (χ4v) is 2.46. The molecule has 0 saturated carbocycles. The van der Waals surface area contributed by atoms with Gasteiger partial charge in [-0.05, 0) is 19.1 Å². The number of nitrogens with one attached hydrogen (secondary N) is 1. The summed E-state index contributed by atoms with van der Waals surface area (Å²) in [5.41, 5.74) is -1.13. The summed E-state index contributed by atoms with van der Waals surface area (Å²) in [6.07, 6.45) is -4.53. The molecule has 21 heavy (non-hydrogen) atoms. The quantitative estimate of drug-likeness (QED) is 0.820. The van der Waals surface area contributed by atoms with Crippen molar-refractivity contribution in [3.8, 4) is 0 Å². The number of alkyl halides is 3. The molecule has 1 aromatic carbocycles. The van der Waals surface area contributed by atoms with E-state index in [1.807, 2.05) is 4.90 Å². The maximum Gasteiger partial charge on any atom is 0.416 e. The van der Waals surface area contributed by atoms with Crippen LogP contribution in [0.15, 0.2) is 18.2 Å². The molecule has 2 nitrogen and oxygen atoms in total. The average Bonchev–Trinajstić information content (AvgIpc) is 2.37. The number of benzene rings is 1. The molecule has 0 aliphatic carbocycles. The molecule has 2 rings (SSSR count). The number of hydrogen-bond acceptors (Lipinski definition) is 2. The van der Waals surface area contributed by atoms with Crippen molar-refractivity contribution in [2.45, 2.75) is 19.1 Å². The fourth-order valence-electron chi connectivity index (χ4n) is 2.46. The summed E-state index contributed by atoms with van der Waals surface area (Å²) in [5.74, 6) is -0.791. The maximum atomic E-state index is 13.8. The van der Waals surface area contributed by atoms with Crippen LogP contribution in [0.5, 0.6) is 0 Å². The highest BCUT2D eigenvalue weighted by molar-refractivity contribution is 5.85. The van der Waals surface area contributed by atoms with E-state index >= 15 is 0 Å². The van der Waals surface area contributed by atoms with E-state index in [2.05, 4.69) is 5.32 Å². The van der Waals surface area contributed by atoms with Gasteiger partial charge in [0.25, 0.3) is 0 Å². The van der Waals surface area contributed by atoms with Gasteiger partial charge in [0.1, 0.15) is 5.82 Å². The zero-order valence-corrected chi connectivity index (χ0v) is 13.0. The van der Waals surface area contributed by atoms with E-state index < -0.39 is 23.6 Å². The lowest BCUT2D eigenvalue weighted by Crippen LogP contribution is -2.45. The van der Waals surface area contributed by atoms with Crippen LogP contribution in [0.2, 0.25) is 0 Å². The monoisotopic (exact) mass is 348 g/mol. The fraction of sp³-hybridized carbons (Fsp3) is 0.538. The third kappa shape index (κ3) is 4.71. The van der Waals surface area contributed by atoms with Crippen LogP contribution in [-0.2, 0) is 6.18 Å². The molecular weight excluding hydrogens is 331 g/mol. The third-order valence-corrected chi connectivity index (χ3v) is 3.48. The molecule has 0 unspecified atom stereocenters. The Labute approximate surface area is 133 Å².